The number of nitrogens with zero attached hydrogens (tertiary/aromatic N) is 4. The minimum Gasteiger partial charge on any atom is -0.444 e. The lowest BCUT2D eigenvalue weighted by atomic mass is 9.88. The van der Waals surface area contributed by atoms with Crippen molar-refractivity contribution in [2.45, 2.75) is 71.1 Å². The molecule has 2 atom stereocenters. The predicted molar refractivity (Wildman–Crippen MR) is 149 cm³/mol. The third kappa shape index (κ3) is 6.35. The van der Waals surface area contributed by atoms with Crippen LogP contribution in [0.25, 0.3) is 0 Å². The molecule has 8 nitrogen and oxygen atoms in total. The highest BCUT2D eigenvalue weighted by atomic mass is 16.6. The van der Waals surface area contributed by atoms with Gasteiger partial charge in [0.1, 0.15) is 11.4 Å². The summed E-state index contributed by atoms with van der Waals surface area (Å²) in [6, 6.07) is 14.3. The van der Waals surface area contributed by atoms with Gasteiger partial charge in [-0.2, -0.15) is 0 Å². The molecule has 2 amide bonds. The highest BCUT2D eigenvalue weighted by molar-refractivity contribution is 5.96. The molecule has 1 fully saturated rings. The number of aromatic nitrogens is 1. The number of ether oxygens (including phenoxy) is 2. The topological polar surface area (TPSA) is 75.2 Å². The second-order valence-corrected chi connectivity index (χ2v) is 12.2. The van der Waals surface area contributed by atoms with Crippen LogP contribution in [0.2, 0.25) is 0 Å². The molecule has 0 saturated carbocycles. The monoisotopic (exact) mass is 522 g/mol. The number of fused-ring (bicyclic) bond motifs is 1. The summed E-state index contributed by atoms with van der Waals surface area (Å²) in [5, 5.41) is 0. The van der Waals surface area contributed by atoms with Gasteiger partial charge in [-0.3, -0.25) is 14.6 Å². The molecule has 8 heteroatoms. The zero-order chi connectivity index (χ0) is 27.7. The van der Waals surface area contributed by atoms with Crippen LogP contribution in [-0.2, 0) is 26.1 Å². The maximum atomic E-state index is 13.8. The van der Waals surface area contributed by atoms with E-state index in [4.69, 9.17) is 14.5 Å². The van der Waals surface area contributed by atoms with Gasteiger partial charge in [0.25, 0.3) is 0 Å². The summed E-state index contributed by atoms with van der Waals surface area (Å²) in [4.78, 5) is 37.3. The first kappa shape index (κ1) is 28.0. The molecular formula is C30H42N4O4. The van der Waals surface area contributed by atoms with Crippen molar-refractivity contribution < 1.29 is 19.1 Å². The number of pyridine rings is 1. The number of hydrogen-bond donors (Lipinski definition) is 0. The summed E-state index contributed by atoms with van der Waals surface area (Å²) in [6.07, 6.45) is 0.388. The molecule has 1 saturated heterocycles. The van der Waals surface area contributed by atoms with Gasteiger partial charge in [-0.25, -0.2) is 9.78 Å². The lowest BCUT2D eigenvalue weighted by molar-refractivity contribution is -0.121. The van der Waals surface area contributed by atoms with Crippen molar-refractivity contribution in [2.75, 3.05) is 44.8 Å². The Morgan fingerprint density at radius 3 is 2.45 bits per heavy atom. The Kier molecular flexibility index (Phi) is 8.14. The van der Waals surface area contributed by atoms with Gasteiger partial charge in [0.15, 0.2) is 0 Å². The number of amides is 2. The number of methoxy groups -OCH3 is 1. The number of hydrogen-bond acceptors (Lipinski definition) is 6. The highest BCUT2D eigenvalue weighted by Crippen LogP contribution is 2.39. The van der Waals surface area contributed by atoms with Gasteiger partial charge in [-0.05, 0) is 39.3 Å². The van der Waals surface area contributed by atoms with Crippen LogP contribution in [0.5, 0.6) is 0 Å². The van der Waals surface area contributed by atoms with Crippen molar-refractivity contribution in [1.29, 1.82) is 0 Å². The molecule has 0 unspecified atom stereocenters. The first-order valence-electron chi connectivity index (χ1n) is 13.5. The van der Waals surface area contributed by atoms with Gasteiger partial charge in [0.05, 0.1) is 19.2 Å². The van der Waals surface area contributed by atoms with E-state index in [0.717, 1.165) is 23.5 Å². The maximum Gasteiger partial charge on any atom is 0.410 e. The minimum atomic E-state index is -0.566. The molecule has 2 aliphatic heterocycles. The van der Waals surface area contributed by atoms with Crippen LogP contribution in [-0.4, -0.2) is 84.4 Å². The first-order valence-corrected chi connectivity index (χ1v) is 13.5. The number of piperazine rings is 1. The molecule has 0 N–H and O–H groups in total. The molecule has 0 radical (unpaired) electrons. The van der Waals surface area contributed by atoms with Crippen molar-refractivity contribution in [3.63, 3.8) is 0 Å². The largest absolute Gasteiger partial charge is 0.444 e. The van der Waals surface area contributed by atoms with E-state index in [2.05, 4.69) is 43.0 Å². The lowest BCUT2D eigenvalue weighted by Crippen LogP contribution is -2.62. The van der Waals surface area contributed by atoms with E-state index in [0.29, 0.717) is 26.2 Å². The second kappa shape index (κ2) is 11.0. The Balaban J connectivity index is 1.51. The van der Waals surface area contributed by atoms with E-state index in [-0.39, 0.29) is 36.0 Å². The molecule has 0 bridgehead atoms. The maximum absolute atomic E-state index is 13.8. The summed E-state index contributed by atoms with van der Waals surface area (Å²) in [6.45, 7) is 14.2. The van der Waals surface area contributed by atoms with E-state index < -0.39 is 5.60 Å². The molecule has 0 aliphatic carbocycles. The van der Waals surface area contributed by atoms with Crippen LogP contribution in [0.3, 0.4) is 0 Å². The Labute approximate surface area is 226 Å². The Morgan fingerprint density at radius 1 is 1.08 bits per heavy atom. The van der Waals surface area contributed by atoms with E-state index in [1.54, 1.807) is 12.0 Å². The van der Waals surface area contributed by atoms with Gasteiger partial charge < -0.3 is 14.4 Å². The molecule has 206 valence electrons. The average Bonchev–Trinajstić information content (AvgIpc) is 3.10. The third-order valence-electron chi connectivity index (χ3n) is 7.28. The van der Waals surface area contributed by atoms with E-state index in [9.17, 15) is 9.59 Å². The highest BCUT2D eigenvalue weighted by Gasteiger charge is 2.42. The average molecular weight is 523 g/mol. The van der Waals surface area contributed by atoms with E-state index in [1.165, 1.54) is 5.56 Å². The van der Waals surface area contributed by atoms with Gasteiger partial charge >= 0.3 is 6.09 Å². The quantitative estimate of drug-likeness (QED) is 0.565. The fourth-order valence-corrected chi connectivity index (χ4v) is 5.37. The second-order valence-electron chi connectivity index (χ2n) is 12.2. The Hall–Kier alpha value is -2.97. The smallest absolute Gasteiger partial charge is 0.410 e. The van der Waals surface area contributed by atoms with Crippen LogP contribution in [0, 0.1) is 0 Å². The summed E-state index contributed by atoms with van der Waals surface area (Å²) in [5.41, 5.74) is 2.48. The van der Waals surface area contributed by atoms with Gasteiger partial charge in [-0.15, -0.1) is 0 Å². The molecule has 2 aliphatic rings. The molecule has 3 heterocycles. The SMILES string of the molecule is COC[C@H]1CN(C(=O)OC(C)(C)C)[C@H](C)CN1CC(=O)N1CC(C)(C)c2ccc(Cc3ccccc3)nc21. The summed E-state index contributed by atoms with van der Waals surface area (Å²) in [7, 11) is 1.65. The molecule has 38 heavy (non-hydrogen) atoms. The lowest BCUT2D eigenvalue weighted by Gasteiger charge is -2.45. The van der Waals surface area contributed by atoms with Crippen LogP contribution in [0.15, 0.2) is 42.5 Å². The fourth-order valence-electron chi connectivity index (χ4n) is 5.37. The standard InChI is InChI=1S/C30H42N4O4/c1-21-16-32(24(19-37-7)17-33(21)28(36)38-29(2,3)4)18-26(35)34-20-30(5,6)25-14-13-23(31-27(25)34)15-22-11-9-8-10-12-22/h8-14,21,24H,15-20H2,1-7H3/t21-,24-/m1/s1. The summed E-state index contributed by atoms with van der Waals surface area (Å²) < 4.78 is 11.1. The zero-order valence-corrected chi connectivity index (χ0v) is 23.9. The number of rotatable bonds is 6. The summed E-state index contributed by atoms with van der Waals surface area (Å²) in [5.74, 6) is 0.775. The van der Waals surface area contributed by atoms with E-state index in [1.807, 2.05) is 50.8 Å². The Morgan fingerprint density at radius 2 is 1.79 bits per heavy atom. The van der Waals surface area contributed by atoms with Crippen molar-refractivity contribution >= 4 is 17.8 Å². The van der Waals surface area contributed by atoms with Crippen molar-refractivity contribution in [2.24, 2.45) is 0 Å². The Bertz CT molecular complexity index is 1140. The molecule has 4 rings (SSSR count). The molecular weight excluding hydrogens is 480 g/mol. The van der Waals surface area contributed by atoms with Gasteiger partial charge in [-0.1, -0.05) is 50.2 Å². The predicted octanol–water partition coefficient (Wildman–Crippen LogP) is 4.25. The van der Waals surface area contributed by atoms with Crippen LogP contribution < -0.4 is 4.90 Å². The van der Waals surface area contributed by atoms with E-state index >= 15 is 0 Å². The molecule has 2 aromatic rings. The van der Waals surface area contributed by atoms with Gasteiger partial charge in [0.2, 0.25) is 5.91 Å². The summed E-state index contributed by atoms with van der Waals surface area (Å²) >= 11 is 0. The first-order chi connectivity index (χ1) is 17.9. The zero-order valence-electron chi connectivity index (χ0n) is 23.9. The van der Waals surface area contributed by atoms with Crippen LogP contribution >= 0.6 is 0 Å². The van der Waals surface area contributed by atoms with Crippen molar-refractivity contribution in [3.8, 4) is 0 Å². The number of anilines is 1. The number of carbonyl (C=O) groups excluding carboxylic acids is 2. The van der Waals surface area contributed by atoms with Crippen LogP contribution in [0.1, 0.15) is 58.4 Å². The minimum absolute atomic E-state index is 0.0141. The van der Waals surface area contributed by atoms with Crippen LogP contribution in [0.4, 0.5) is 10.6 Å². The van der Waals surface area contributed by atoms with Crippen molar-refractivity contribution in [1.82, 2.24) is 14.8 Å². The number of carbonyl (C=O) groups is 2. The molecule has 1 aromatic heterocycles. The number of benzene rings is 1. The normalized spacial score (nSPS) is 21.3. The third-order valence-corrected chi connectivity index (χ3v) is 7.28. The van der Waals surface area contributed by atoms with Gasteiger partial charge in [0, 0.05) is 55.9 Å². The van der Waals surface area contributed by atoms with Crippen molar-refractivity contribution in [3.05, 3.63) is 59.3 Å². The fraction of sp³-hybridized carbons (Fsp3) is 0.567. The molecule has 1 aromatic carbocycles. The molecule has 0 spiro atoms.